The van der Waals surface area contributed by atoms with Crippen molar-refractivity contribution < 1.29 is 24.2 Å². The standard InChI is InChI=1S/C19H25N3O5/c1-3-27-19(26)22-21-12(2)13-7-6-8-14(11-13)20-17(23)15-9-4-5-10-16(15)18(24)25/h6-8,11,15-16H,3-5,9-10H2,1-2H3,(H,20,23)(H,22,26)(H,24,25)/b21-12-/t15-,16-/m0/s1. The molecular formula is C19H25N3O5. The fourth-order valence-electron chi connectivity index (χ4n) is 3.15. The van der Waals surface area contributed by atoms with Crippen LogP contribution in [0.5, 0.6) is 0 Å². The van der Waals surface area contributed by atoms with Gasteiger partial charge >= 0.3 is 12.1 Å². The van der Waals surface area contributed by atoms with Crippen LogP contribution in [0.1, 0.15) is 45.1 Å². The zero-order valence-electron chi connectivity index (χ0n) is 15.5. The minimum Gasteiger partial charge on any atom is -0.481 e. The molecular weight excluding hydrogens is 350 g/mol. The van der Waals surface area contributed by atoms with Gasteiger partial charge in [0.2, 0.25) is 5.91 Å². The van der Waals surface area contributed by atoms with Gasteiger partial charge in [-0.15, -0.1) is 0 Å². The summed E-state index contributed by atoms with van der Waals surface area (Å²) in [6.07, 6.45) is 2.15. The van der Waals surface area contributed by atoms with E-state index in [1.54, 1.807) is 38.1 Å². The number of anilines is 1. The Morgan fingerprint density at radius 3 is 2.59 bits per heavy atom. The average molecular weight is 375 g/mol. The van der Waals surface area contributed by atoms with Gasteiger partial charge in [-0.3, -0.25) is 9.59 Å². The van der Waals surface area contributed by atoms with Crippen LogP contribution in [-0.2, 0) is 14.3 Å². The van der Waals surface area contributed by atoms with Gasteiger partial charge in [0.1, 0.15) is 0 Å². The van der Waals surface area contributed by atoms with Crippen LogP contribution in [0, 0.1) is 11.8 Å². The van der Waals surface area contributed by atoms with E-state index < -0.39 is 23.9 Å². The van der Waals surface area contributed by atoms with Crippen molar-refractivity contribution in [2.75, 3.05) is 11.9 Å². The van der Waals surface area contributed by atoms with E-state index in [4.69, 9.17) is 4.74 Å². The normalized spacial score (nSPS) is 19.9. The number of nitrogens with zero attached hydrogens (tertiary/aromatic N) is 1. The van der Waals surface area contributed by atoms with Crippen LogP contribution in [0.2, 0.25) is 0 Å². The minimum atomic E-state index is -0.920. The van der Waals surface area contributed by atoms with E-state index in [1.807, 2.05) is 0 Å². The molecule has 8 heteroatoms. The van der Waals surface area contributed by atoms with E-state index in [-0.39, 0.29) is 12.5 Å². The maximum atomic E-state index is 12.6. The topological polar surface area (TPSA) is 117 Å². The monoisotopic (exact) mass is 375 g/mol. The third-order valence-electron chi connectivity index (χ3n) is 4.56. The lowest BCUT2D eigenvalue weighted by Crippen LogP contribution is -2.36. The molecule has 1 aliphatic carbocycles. The van der Waals surface area contributed by atoms with Crippen molar-refractivity contribution in [1.82, 2.24) is 5.43 Å². The first-order valence-electron chi connectivity index (χ1n) is 9.03. The third kappa shape index (κ3) is 5.80. The maximum absolute atomic E-state index is 12.6. The molecule has 8 nitrogen and oxygen atoms in total. The predicted octanol–water partition coefficient (Wildman–Crippen LogP) is 2.99. The van der Waals surface area contributed by atoms with Gasteiger partial charge in [0.05, 0.1) is 24.2 Å². The van der Waals surface area contributed by atoms with Crippen molar-refractivity contribution in [3.05, 3.63) is 29.8 Å². The number of hydrogen-bond acceptors (Lipinski definition) is 5. The molecule has 0 bridgehead atoms. The smallest absolute Gasteiger partial charge is 0.427 e. The summed E-state index contributed by atoms with van der Waals surface area (Å²) in [6, 6.07) is 7.00. The van der Waals surface area contributed by atoms with E-state index >= 15 is 0 Å². The molecule has 146 valence electrons. The quantitative estimate of drug-likeness (QED) is 0.522. The maximum Gasteiger partial charge on any atom is 0.427 e. The van der Waals surface area contributed by atoms with Crippen LogP contribution < -0.4 is 10.7 Å². The zero-order valence-corrected chi connectivity index (χ0v) is 15.5. The molecule has 1 aromatic rings. The summed E-state index contributed by atoms with van der Waals surface area (Å²) in [7, 11) is 0. The Kier molecular flexibility index (Phi) is 7.34. The molecule has 0 aliphatic heterocycles. The fraction of sp³-hybridized carbons (Fsp3) is 0.474. The van der Waals surface area contributed by atoms with Gasteiger partial charge in [0.25, 0.3) is 0 Å². The van der Waals surface area contributed by atoms with E-state index in [9.17, 15) is 19.5 Å². The van der Waals surface area contributed by atoms with Crippen LogP contribution >= 0.6 is 0 Å². The summed E-state index contributed by atoms with van der Waals surface area (Å²) >= 11 is 0. The number of carboxylic acids is 1. The minimum absolute atomic E-state index is 0.250. The Morgan fingerprint density at radius 1 is 1.22 bits per heavy atom. The molecule has 0 heterocycles. The fourth-order valence-corrected chi connectivity index (χ4v) is 3.15. The van der Waals surface area contributed by atoms with Crippen LogP contribution in [0.4, 0.5) is 10.5 Å². The number of nitrogens with one attached hydrogen (secondary N) is 2. The average Bonchev–Trinajstić information content (AvgIpc) is 2.66. The lowest BCUT2D eigenvalue weighted by molar-refractivity contribution is -0.147. The molecule has 0 unspecified atom stereocenters. The number of hydrazone groups is 1. The summed E-state index contributed by atoms with van der Waals surface area (Å²) in [5.74, 6) is -2.37. The summed E-state index contributed by atoms with van der Waals surface area (Å²) < 4.78 is 4.74. The number of benzene rings is 1. The van der Waals surface area contributed by atoms with E-state index in [2.05, 4.69) is 15.8 Å². The van der Waals surface area contributed by atoms with E-state index in [0.717, 1.165) is 12.8 Å². The van der Waals surface area contributed by atoms with Crippen molar-refractivity contribution in [3.63, 3.8) is 0 Å². The molecule has 0 spiro atoms. The van der Waals surface area contributed by atoms with Gasteiger partial charge in [-0.05, 0) is 44.4 Å². The van der Waals surface area contributed by atoms with Crippen molar-refractivity contribution in [1.29, 1.82) is 0 Å². The van der Waals surface area contributed by atoms with Crippen molar-refractivity contribution >= 4 is 29.4 Å². The predicted molar refractivity (Wildman–Crippen MR) is 101 cm³/mol. The Balaban J connectivity index is 2.06. The first kappa shape index (κ1) is 20.4. The Hall–Kier alpha value is -2.90. The Morgan fingerprint density at radius 2 is 1.93 bits per heavy atom. The molecule has 2 atom stereocenters. The summed E-state index contributed by atoms with van der Waals surface area (Å²) in [5, 5.41) is 16.1. The van der Waals surface area contributed by atoms with Gasteiger partial charge in [-0.1, -0.05) is 25.0 Å². The molecule has 1 aliphatic rings. The number of ether oxygens (including phenoxy) is 1. The molecule has 0 saturated heterocycles. The second-order valence-corrected chi connectivity index (χ2v) is 6.44. The van der Waals surface area contributed by atoms with Crippen LogP contribution in [0.25, 0.3) is 0 Å². The Bertz CT molecular complexity index is 732. The van der Waals surface area contributed by atoms with E-state index in [0.29, 0.717) is 29.8 Å². The summed E-state index contributed by atoms with van der Waals surface area (Å²) in [4.78, 5) is 35.3. The molecule has 1 saturated carbocycles. The van der Waals surface area contributed by atoms with E-state index in [1.165, 1.54) is 0 Å². The van der Waals surface area contributed by atoms with Crippen LogP contribution in [0.15, 0.2) is 29.4 Å². The highest BCUT2D eigenvalue weighted by molar-refractivity contribution is 6.01. The van der Waals surface area contributed by atoms with Gasteiger partial charge in [-0.2, -0.15) is 5.10 Å². The zero-order chi connectivity index (χ0) is 19.8. The van der Waals surface area contributed by atoms with Gasteiger partial charge in [0.15, 0.2) is 0 Å². The summed E-state index contributed by atoms with van der Waals surface area (Å²) in [5.41, 5.74) is 4.09. The second-order valence-electron chi connectivity index (χ2n) is 6.44. The number of amides is 2. The van der Waals surface area contributed by atoms with Gasteiger partial charge in [-0.25, -0.2) is 10.2 Å². The number of rotatable bonds is 6. The molecule has 3 N–H and O–H groups in total. The lowest BCUT2D eigenvalue weighted by atomic mass is 9.78. The Labute approximate surface area is 158 Å². The lowest BCUT2D eigenvalue weighted by Gasteiger charge is -2.27. The van der Waals surface area contributed by atoms with Crippen molar-refractivity contribution in [3.8, 4) is 0 Å². The van der Waals surface area contributed by atoms with Gasteiger partial charge < -0.3 is 15.2 Å². The molecule has 0 radical (unpaired) electrons. The molecule has 1 fully saturated rings. The largest absolute Gasteiger partial charge is 0.481 e. The number of aliphatic carboxylic acids is 1. The number of hydrogen-bond donors (Lipinski definition) is 3. The molecule has 1 aromatic carbocycles. The first-order chi connectivity index (χ1) is 12.9. The number of carbonyl (C=O) groups excluding carboxylic acids is 2. The highest BCUT2D eigenvalue weighted by Crippen LogP contribution is 2.31. The summed E-state index contributed by atoms with van der Waals surface area (Å²) in [6.45, 7) is 3.67. The van der Waals surface area contributed by atoms with Crippen LogP contribution in [0.3, 0.4) is 0 Å². The second kappa shape index (κ2) is 9.70. The highest BCUT2D eigenvalue weighted by atomic mass is 16.5. The molecule has 2 rings (SSSR count). The van der Waals surface area contributed by atoms with Crippen molar-refractivity contribution in [2.45, 2.75) is 39.5 Å². The number of carbonyl (C=O) groups is 3. The molecule has 2 amide bonds. The highest BCUT2D eigenvalue weighted by Gasteiger charge is 2.35. The SMILES string of the molecule is CCOC(=O)N/N=C(/C)c1cccc(NC(=O)[C@H]2CCCC[C@@H]2C(=O)O)c1. The van der Waals surface area contributed by atoms with Crippen molar-refractivity contribution in [2.24, 2.45) is 16.9 Å². The molecule has 27 heavy (non-hydrogen) atoms. The van der Waals surface area contributed by atoms with Crippen LogP contribution in [-0.4, -0.2) is 35.4 Å². The number of carboxylic acid groups (broad SMARTS) is 1. The third-order valence-corrected chi connectivity index (χ3v) is 4.56. The molecule has 0 aromatic heterocycles. The first-order valence-corrected chi connectivity index (χ1v) is 9.03. The van der Waals surface area contributed by atoms with Gasteiger partial charge in [0, 0.05) is 5.69 Å².